The molecule has 124 heavy (non-hydrogen) atoms. The Morgan fingerprint density at radius 3 is 1.10 bits per heavy atom. The number of amides is 2. The van der Waals surface area contributed by atoms with E-state index in [0.717, 1.165) is 52.6 Å². The van der Waals surface area contributed by atoms with Gasteiger partial charge in [0.25, 0.3) is 11.8 Å². The van der Waals surface area contributed by atoms with Crippen molar-refractivity contribution < 1.29 is 51.3 Å². The van der Waals surface area contributed by atoms with Crippen molar-refractivity contribution in [2.45, 2.75) is 78.5 Å². The zero-order chi connectivity index (χ0) is 85.5. The van der Waals surface area contributed by atoms with Gasteiger partial charge in [0.15, 0.2) is 11.6 Å². The molecule has 0 unspecified atom stereocenters. The number of imidazole rings is 3. The van der Waals surface area contributed by atoms with Crippen LogP contribution in [0.3, 0.4) is 0 Å². The van der Waals surface area contributed by atoms with Gasteiger partial charge in [-0.2, -0.15) is 0 Å². The van der Waals surface area contributed by atoms with Gasteiger partial charge in [0.05, 0.1) is 77.3 Å². The number of fused-ring (bicyclic) bond motifs is 6. The third-order valence-corrected chi connectivity index (χ3v) is 22.4. The summed E-state index contributed by atoms with van der Waals surface area (Å²) in [7, 11) is 4.47. The first-order valence-electron chi connectivity index (χ1n) is 40.5. The average Bonchev–Trinajstić information content (AvgIpc) is 1.61. The van der Waals surface area contributed by atoms with Crippen LogP contribution in [0.1, 0.15) is 83.6 Å². The lowest BCUT2D eigenvalue weighted by Crippen LogP contribution is -2.24. The molecule has 29 heteroatoms. The summed E-state index contributed by atoms with van der Waals surface area (Å²) < 4.78 is 75.6. The Labute approximate surface area is 715 Å². The Bertz CT molecular complexity index is 6190. The van der Waals surface area contributed by atoms with E-state index in [1.165, 1.54) is 26.6 Å². The number of rotatable bonds is 20. The normalized spacial score (nSPS) is 13.2. The number of aromatic nitrogens is 12. The van der Waals surface area contributed by atoms with Gasteiger partial charge in [0.2, 0.25) is 5.24 Å². The second-order valence-corrected chi connectivity index (χ2v) is 30.6. The molecule has 9 aromatic heterocycles. The van der Waals surface area contributed by atoms with Gasteiger partial charge in [-0.25, -0.2) is 47.9 Å². The standard InChI is InChI=1S/C35H31FN6O2.C35H30FN5O3.C21H19FN6O2.C4H5ClO/c1-37-35(43)28-18-38-34(42(19-23-9-4-2-5-10-23)20-24-11-6-3-7-12-24)33-27(28)17-29(40-33)25-13-8-14-26(32(25)36)30-21-41-15-16-44-22-31(41)39-30;1-43-35(42)28-18-37-34(41(19-23-9-4-2-5-10-23)20-24-11-6-3-7-12-24)33-27(28)17-29(39-33)25-13-8-14-26(32(25)36)30-21-40-15-16-44-22-31(40)38-30;1-24-21(29)14-8-25-20(23)19-13(14)7-15(27-19)11-3-2-4-12(18(11)22)16-9-28-5-6-30-10-17(28)26-16;5-4(6)3-1-2-3/h2-14,17-18,21,40H,15-16,19-20,22H2,1H3,(H,37,43);2-14,17-18,21,39H,15-16,19-20,22H2,1H3;2-4,7-9,27H,5-6,10H2,1H3,(H2,23,25)(H,24,29);3H,1-2H2. The minimum atomic E-state index is -0.516. The van der Waals surface area contributed by atoms with Crippen LogP contribution in [0.4, 0.5) is 30.6 Å². The van der Waals surface area contributed by atoms with E-state index in [9.17, 15) is 19.2 Å². The monoisotopic (exact) mass is 1680 g/mol. The molecule has 3 aliphatic heterocycles. The fourth-order valence-electron chi connectivity index (χ4n) is 15.6. The number of aromatic amines is 3. The molecule has 0 radical (unpaired) electrons. The molecule has 2 amide bonds. The summed E-state index contributed by atoms with van der Waals surface area (Å²) >= 11 is 5.04. The van der Waals surface area contributed by atoms with E-state index < -0.39 is 23.4 Å². The number of carbonyl (C=O) groups excluding carboxylic acids is 4. The zero-order valence-electron chi connectivity index (χ0n) is 67.9. The summed E-state index contributed by atoms with van der Waals surface area (Å²) in [4.78, 5) is 89.8. The molecule has 16 aromatic rings. The van der Waals surface area contributed by atoms with Gasteiger partial charge in [-0.15, -0.1) is 0 Å². The first kappa shape index (κ1) is 82.0. The Morgan fingerprint density at radius 1 is 0.460 bits per heavy atom. The fraction of sp³-hybridized carbons (Fsp3) is 0.200. The second-order valence-electron chi connectivity index (χ2n) is 30.2. The predicted molar refractivity (Wildman–Crippen MR) is 469 cm³/mol. The average molecular weight is 1690 g/mol. The fourth-order valence-corrected chi connectivity index (χ4v) is 15.8. The number of nitrogens with one attached hydrogen (secondary N) is 5. The van der Waals surface area contributed by atoms with Gasteiger partial charge < -0.3 is 73.8 Å². The number of methoxy groups -OCH3 is 1. The minimum Gasteiger partial charge on any atom is -0.465 e. The SMILES string of the molecule is CNC(=O)c1cnc(N(Cc2ccccc2)Cc2ccccc2)c2[nH]c(-c3cccc(-c4cn5c(n4)COCC5)c3F)cc12.CNC(=O)c1cnc(N)c2[nH]c(-c3cccc(-c4cn5c(n4)COCC5)c3F)cc12.COC(=O)c1cnc(N(Cc2ccccc2)Cc2ccccc2)c2[nH]c(-c3cccc(-c4cn5c(n4)COCC5)c3F)cc12.O=C(Cl)C1CC1. The molecule has 12 heterocycles. The highest BCUT2D eigenvalue weighted by molar-refractivity contribution is 6.64. The number of esters is 1. The number of pyridine rings is 3. The number of hydrogen-bond acceptors (Lipinski definition) is 17. The Balaban J connectivity index is 0.000000129. The Hall–Kier alpha value is -14.3. The van der Waals surface area contributed by atoms with Crippen molar-refractivity contribution in [2.24, 2.45) is 5.92 Å². The summed E-state index contributed by atoms with van der Waals surface area (Å²) in [6.07, 6.45) is 12.2. The maximum absolute atomic E-state index is 16.3. The molecule has 0 atom stereocenters. The van der Waals surface area contributed by atoms with Gasteiger partial charge in [0, 0.05) is 170 Å². The lowest BCUT2D eigenvalue weighted by atomic mass is 10.0. The van der Waals surface area contributed by atoms with Gasteiger partial charge in [-0.05, 0) is 101 Å². The molecule has 20 rings (SSSR count). The number of benzene rings is 7. The quantitative estimate of drug-likeness (QED) is 0.0305. The minimum absolute atomic E-state index is 0.157. The van der Waals surface area contributed by atoms with Crippen LogP contribution in [0.15, 0.2) is 231 Å². The molecule has 25 nitrogen and oxygen atoms in total. The Morgan fingerprint density at radius 2 is 0.782 bits per heavy atom. The van der Waals surface area contributed by atoms with Crippen LogP contribution >= 0.6 is 11.6 Å². The second kappa shape index (κ2) is 36.6. The number of H-pyrrole nitrogens is 3. The number of nitrogens with two attached hydrogens (primary N) is 1. The van der Waals surface area contributed by atoms with Crippen molar-refractivity contribution in [1.29, 1.82) is 0 Å². The van der Waals surface area contributed by atoms with Gasteiger partial charge in [-0.1, -0.05) is 140 Å². The summed E-state index contributed by atoms with van der Waals surface area (Å²) in [5.74, 6) is 1.83. The molecular weight excluding hydrogens is 1600 g/mol. The van der Waals surface area contributed by atoms with E-state index in [1.54, 1.807) is 67.8 Å². The van der Waals surface area contributed by atoms with Gasteiger partial charge in [-0.3, -0.25) is 14.4 Å². The van der Waals surface area contributed by atoms with Crippen LogP contribution in [0, 0.1) is 23.4 Å². The van der Waals surface area contributed by atoms with E-state index in [0.29, 0.717) is 214 Å². The third-order valence-electron chi connectivity index (χ3n) is 22.1. The van der Waals surface area contributed by atoms with Crippen molar-refractivity contribution in [3.8, 4) is 67.5 Å². The number of carbonyl (C=O) groups is 4. The third kappa shape index (κ3) is 17.5. The maximum atomic E-state index is 16.3. The number of ether oxygens (including phenoxy) is 4. The first-order chi connectivity index (χ1) is 60.5. The van der Waals surface area contributed by atoms with Crippen LogP contribution in [0.25, 0.3) is 100 Å². The Kier molecular flexibility index (Phi) is 24.2. The van der Waals surface area contributed by atoms with E-state index in [1.807, 2.05) is 123 Å². The molecule has 0 saturated heterocycles. The summed E-state index contributed by atoms with van der Waals surface area (Å²) in [6, 6.07) is 61.7. The van der Waals surface area contributed by atoms with Gasteiger partial charge >= 0.3 is 5.97 Å². The molecule has 0 spiro atoms. The molecule has 0 bridgehead atoms. The number of hydrogen-bond donors (Lipinski definition) is 6. The molecule has 1 aliphatic carbocycles. The van der Waals surface area contributed by atoms with Crippen LogP contribution in [-0.4, -0.2) is 123 Å². The highest BCUT2D eigenvalue weighted by Crippen LogP contribution is 2.41. The molecule has 1 saturated carbocycles. The van der Waals surface area contributed by atoms with Crippen LogP contribution in [0.5, 0.6) is 0 Å². The van der Waals surface area contributed by atoms with Crippen molar-refractivity contribution in [3.05, 3.63) is 305 Å². The van der Waals surface area contributed by atoms with E-state index in [4.69, 9.17) is 46.3 Å². The molecule has 626 valence electrons. The highest BCUT2D eigenvalue weighted by Gasteiger charge is 2.30. The molecule has 4 aliphatic rings. The number of nitrogen functional groups attached to an aromatic ring is 1. The predicted octanol–water partition coefficient (Wildman–Crippen LogP) is 17.0. The van der Waals surface area contributed by atoms with E-state index >= 15 is 13.2 Å². The van der Waals surface area contributed by atoms with E-state index in [-0.39, 0.29) is 28.8 Å². The smallest absolute Gasteiger partial charge is 0.340 e. The zero-order valence-corrected chi connectivity index (χ0v) is 68.7. The largest absolute Gasteiger partial charge is 0.465 e. The number of halogens is 4. The van der Waals surface area contributed by atoms with Crippen molar-refractivity contribution in [2.75, 3.05) is 56.6 Å². The topological polar surface area (TPSA) is 301 Å². The highest BCUT2D eigenvalue weighted by atomic mass is 35.5. The van der Waals surface area contributed by atoms with Crippen molar-refractivity contribution in [3.63, 3.8) is 0 Å². The molecule has 7 N–H and O–H groups in total. The number of anilines is 3. The lowest BCUT2D eigenvalue weighted by Gasteiger charge is -2.25. The lowest BCUT2D eigenvalue weighted by molar-refractivity contribution is -0.112. The maximum Gasteiger partial charge on any atom is 0.340 e. The van der Waals surface area contributed by atoms with Crippen LogP contribution in [-0.2, 0) is 89.4 Å². The molecule has 7 aromatic carbocycles. The molecular formula is C95H85ClF3N17O8. The summed E-state index contributed by atoms with van der Waals surface area (Å²) in [5, 5.41) is 6.98. The van der Waals surface area contributed by atoms with E-state index in [2.05, 4.69) is 104 Å². The van der Waals surface area contributed by atoms with Crippen molar-refractivity contribution >= 4 is 84.8 Å². The summed E-state index contributed by atoms with van der Waals surface area (Å²) in [6.45, 7) is 7.43. The summed E-state index contributed by atoms with van der Waals surface area (Å²) in [5.41, 5.74) is 18.8. The van der Waals surface area contributed by atoms with Crippen LogP contribution in [0.2, 0.25) is 0 Å². The van der Waals surface area contributed by atoms with Crippen molar-refractivity contribution in [1.82, 2.24) is 69.2 Å². The molecule has 1 fully saturated rings. The van der Waals surface area contributed by atoms with Crippen LogP contribution < -0.4 is 26.2 Å². The number of nitrogens with zero attached hydrogens (tertiary/aromatic N) is 11. The van der Waals surface area contributed by atoms with Gasteiger partial charge in [0.1, 0.15) is 60.6 Å². The first-order valence-corrected chi connectivity index (χ1v) is 40.9.